The Morgan fingerprint density at radius 2 is 2.00 bits per heavy atom. The van der Waals surface area contributed by atoms with Crippen LogP contribution in [0.1, 0.15) is 25.3 Å². The number of halogens is 1. The van der Waals surface area contributed by atoms with E-state index in [9.17, 15) is 4.79 Å². The molecule has 0 saturated heterocycles. The van der Waals surface area contributed by atoms with Crippen LogP contribution in [0.5, 0.6) is 0 Å². The van der Waals surface area contributed by atoms with Crippen LogP contribution in [0.15, 0.2) is 21.4 Å². The Morgan fingerprint density at radius 3 is 2.64 bits per heavy atom. The molecular weight excluding hydrogens is 244 g/mol. The van der Waals surface area contributed by atoms with Crippen LogP contribution in [0.4, 0.5) is 0 Å². The molecule has 0 amide bonds. The van der Waals surface area contributed by atoms with E-state index in [-0.39, 0.29) is 5.69 Å². The lowest BCUT2D eigenvalue weighted by atomic mass is 10.0. The highest BCUT2D eigenvalue weighted by molar-refractivity contribution is 9.10. The van der Waals surface area contributed by atoms with Crippen molar-refractivity contribution in [3.63, 3.8) is 0 Å². The maximum Gasteiger partial charge on any atom is 0.323 e. The summed E-state index contributed by atoms with van der Waals surface area (Å²) >= 11 is 3.42. The van der Waals surface area contributed by atoms with Gasteiger partial charge in [-0.3, -0.25) is 0 Å². The molecule has 14 heavy (non-hydrogen) atoms. The molecule has 0 spiro atoms. The first-order chi connectivity index (χ1) is 6.58. The lowest BCUT2D eigenvalue weighted by Gasteiger charge is -2.06. The van der Waals surface area contributed by atoms with E-state index >= 15 is 0 Å². The number of benzene rings is 1. The van der Waals surface area contributed by atoms with Crippen molar-refractivity contribution in [1.82, 2.24) is 9.97 Å². The zero-order valence-electron chi connectivity index (χ0n) is 8.02. The number of aromatic amines is 2. The molecule has 4 heteroatoms. The number of hydrogen-bond donors (Lipinski definition) is 2. The monoisotopic (exact) mass is 254 g/mol. The minimum Gasteiger partial charge on any atom is -0.306 e. The molecule has 2 N–H and O–H groups in total. The first-order valence-electron chi connectivity index (χ1n) is 4.49. The van der Waals surface area contributed by atoms with E-state index in [1.807, 2.05) is 12.1 Å². The van der Waals surface area contributed by atoms with Gasteiger partial charge in [0.15, 0.2) is 0 Å². The van der Waals surface area contributed by atoms with Crippen LogP contribution in [0, 0.1) is 0 Å². The van der Waals surface area contributed by atoms with Crippen molar-refractivity contribution in [3.8, 4) is 0 Å². The highest BCUT2D eigenvalue weighted by atomic mass is 79.9. The van der Waals surface area contributed by atoms with Crippen LogP contribution in [0.3, 0.4) is 0 Å². The fourth-order valence-electron chi connectivity index (χ4n) is 1.59. The molecule has 3 nitrogen and oxygen atoms in total. The molecule has 1 heterocycles. The van der Waals surface area contributed by atoms with Gasteiger partial charge in [-0.1, -0.05) is 29.8 Å². The van der Waals surface area contributed by atoms with Gasteiger partial charge >= 0.3 is 5.69 Å². The molecule has 1 aromatic heterocycles. The molecule has 0 saturated carbocycles. The van der Waals surface area contributed by atoms with Crippen molar-refractivity contribution in [2.45, 2.75) is 19.8 Å². The van der Waals surface area contributed by atoms with E-state index in [0.717, 1.165) is 21.1 Å². The van der Waals surface area contributed by atoms with Crippen LogP contribution in [0.2, 0.25) is 0 Å². The number of hydrogen-bond acceptors (Lipinski definition) is 1. The van der Waals surface area contributed by atoms with Crippen molar-refractivity contribution < 1.29 is 0 Å². The molecule has 2 aromatic rings. The van der Waals surface area contributed by atoms with Gasteiger partial charge in [0.2, 0.25) is 0 Å². The number of H-pyrrole nitrogens is 2. The fraction of sp³-hybridized carbons (Fsp3) is 0.300. The van der Waals surface area contributed by atoms with Crippen molar-refractivity contribution >= 4 is 27.0 Å². The molecule has 0 unspecified atom stereocenters. The van der Waals surface area contributed by atoms with Crippen LogP contribution in [-0.4, -0.2) is 9.97 Å². The van der Waals surface area contributed by atoms with Gasteiger partial charge in [-0.25, -0.2) is 4.79 Å². The third-order valence-corrected chi connectivity index (χ3v) is 2.70. The second-order valence-electron chi connectivity index (χ2n) is 3.65. The number of rotatable bonds is 1. The lowest BCUT2D eigenvalue weighted by molar-refractivity contribution is 0.872. The van der Waals surface area contributed by atoms with Crippen molar-refractivity contribution in [2.24, 2.45) is 0 Å². The van der Waals surface area contributed by atoms with Crippen molar-refractivity contribution in [2.75, 3.05) is 0 Å². The van der Waals surface area contributed by atoms with E-state index in [1.165, 1.54) is 0 Å². The smallest absolute Gasteiger partial charge is 0.306 e. The van der Waals surface area contributed by atoms with Crippen LogP contribution >= 0.6 is 15.9 Å². The summed E-state index contributed by atoms with van der Waals surface area (Å²) in [6, 6.07) is 3.94. The van der Waals surface area contributed by atoms with Crippen molar-refractivity contribution in [3.05, 3.63) is 32.7 Å². The highest BCUT2D eigenvalue weighted by Crippen LogP contribution is 2.26. The Hall–Kier alpha value is -1.03. The van der Waals surface area contributed by atoms with Gasteiger partial charge in [-0.05, 0) is 23.6 Å². The summed E-state index contributed by atoms with van der Waals surface area (Å²) in [4.78, 5) is 16.7. The van der Waals surface area contributed by atoms with Gasteiger partial charge in [0.25, 0.3) is 0 Å². The summed E-state index contributed by atoms with van der Waals surface area (Å²) in [5.74, 6) is 0.390. The number of nitrogens with one attached hydrogen (secondary N) is 2. The third kappa shape index (κ3) is 1.50. The number of fused-ring (bicyclic) bond motifs is 1. The number of aromatic nitrogens is 2. The molecule has 0 bridgehead atoms. The summed E-state index contributed by atoms with van der Waals surface area (Å²) < 4.78 is 0.990. The van der Waals surface area contributed by atoms with E-state index in [1.54, 1.807) is 0 Å². The topological polar surface area (TPSA) is 48.6 Å². The van der Waals surface area contributed by atoms with Gasteiger partial charge in [-0.15, -0.1) is 0 Å². The normalized spacial score (nSPS) is 11.4. The summed E-state index contributed by atoms with van der Waals surface area (Å²) in [7, 11) is 0. The quantitative estimate of drug-likeness (QED) is 0.808. The molecule has 0 aliphatic carbocycles. The minimum absolute atomic E-state index is 0.153. The van der Waals surface area contributed by atoms with Crippen LogP contribution in [-0.2, 0) is 0 Å². The SMILES string of the molecule is CC(C)c1cc(Br)cc2[nH]c(=O)[nH]c12. The Bertz CT molecular complexity index is 524. The number of imidazole rings is 1. The predicted molar refractivity (Wildman–Crippen MR) is 60.7 cm³/mol. The second-order valence-corrected chi connectivity index (χ2v) is 4.57. The molecule has 74 valence electrons. The summed E-state index contributed by atoms with van der Waals surface area (Å²) in [6.07, 6.45) is 0. The summed E-state index contributed by atoms with van der Waals surface area (Å²) in [5, 5.41) is 0. The Morgan fingerprint density at radius 1 is 1.29 bits per heavy atom. The van der Waals surface area contributed by atoms with Gasteiger partial charge in [0, 0.05) is 4.47 Å². The maximum absolute atomic E-state index is 11.1. The first-order valence-corrected chi connectivity index (χ1v) is 5.28. The zero-order chi connectivity index (χ0) is 10.3. The molecule has 0 aliphatic rings. The molecule has 0 atom stereocenters. The first kappa shape index (κ1) is 9.52. The Balaban J connectivity index is 2.85. The van der Waals surface area contributed by atoms with Gasteiger partial charge in [0.05, 0.1) is 11.0 Å². The molecule has 0 radical (unpaired) electrons. The average molecular weight is 255 g/mol. The predicted octanol–water partition coefficient (Wildman–Crippen LogP) is 2.74. The Labute approximate surface area is 89.7 Å². The van der Waals surface area contributed by atoms with E-state index in [0.29, 0.717) is 5.92 Å². The minimum atomic E-state index is -0.153. The van der Waals surface area contributed by atoms with E-state index in [2.05, 4.69) is 39.7 Å². The standard InChI is InChI=1S/C10H11BrN2O/c1-5(2)7-3-6(11)4-8-9(7)13-10(14)12-8/h3-5H,1-2H3,(H2,12,13,14). The summed E-state index contributed by atoms with van der Waals surface area (Å²) in [5.41, 5.74) is 2.76. The van der Waals surface area contributed by atoms with Crippen LogP contribution in [0.25, 0.3) is 11.0 Å². The third-order valence-electron chi connectivity index (χ3n) is 2.24. The zero-order valence-corrected chi connectivity index (χ0v) is 9.60. The van der Waals surface area contributed by atoms with Crippen molar-refractivity contribution in [1.29, 1.82) is 0 Å². The van der Waals surface area contributed by atoms with Gasteiger partial charge in [-0.2, -0.15) is 0 Å². The van der Waals surface area contributed by atoms with Gasteiger partial charge in [0.1, 0.15) is 0 Å². The fourth-order valence-corrected chi connectivity index (χ4v) is 2.06. The summed E-state index contributed by atoms with van der Waals surface area (Å²) in [6.45, 7) is 4.21. The molecular formula is C10H11BrN2O. The molecule has 0 aliphatic heterocycles. The second kappa shape index (κ2) is 3.28. The molecule has 2 rings (SSSR count). The van der Waals surface area contributed by atoms with Crippen LogP contribution < -0.4 is 5.69 Å². The highest BCUT2D eigenvalue weighted by Gasteiger charge is 2.08. The Kier molecular flexibility index (Phi) is 2.23. The lowest BCUT2D eigenvalue weighted by Crippen LogP contribution is -1.99. The van der Waals surface area contributed by atoms with Gasteiger partial charge < -0.3 is 9.97 Å². The molecule has 0 fully saturated rings. The maximum atomic E-state index is 11.1. The van der Waals surface area contributed by atoms with E-state index < -0.39 is 0 Å². The van der Waals surface area contributed by atoms with E-state index in [4.69, 9.17) is 0 Å². The molecule has 1 aromatic carbocycles. The average Bonchev–Trinajstić information content (AvgIpc) is 2.42. The largest absolute Gasteiger partial charge is 0.323 e.